The fraction of sp³-hybridized carbons (Fsp3) is 0.524. The summed E-state index contributed by atoms with van der Waals surface area (Å²) in [6, 6.07) is 10.8. The van der Waals surface area contributed by atoms with Crippen LogP contribution in [0.3, 0.4) is 0 Å². The summed E-state index contributed by atoms with van der Waals surface area (Å²) in [4.78, 5) is 17.1. The summed E-state index contributed by atoms with van der Waals surface area (Å²) in [6.07, 6.45) is 6.04. The van der Waals surface area contributed by atoms with E-state index >= 15 is 0 Å². The van der Waals surface area contributed by atoms with E-state index in [-0.39, 0.29) is 11.9 Å². The molecule has 0 unspecified atom stereocenters. The van der Waals surface area contributed by atoms with Gasteiger partial charge < -0.3 is 10.2 Å². The third-order valence-corrected chi connectivity index (χ3v) is 5.18. The first-order valence-electron chi connectivity index (χ1n) is 9.89. The van der Waals surface area contributed by atoms with Crippen molar-refractivity contribution in [3.05, 3.63) is 48.3 Å². The molecule has 0 radical (unpaired) electrons. The van der Waals surface area contributed by atoms with Crippen molar-refractivity contribution in [1.29, 1.82) is 0 Å². The zero-order valence-electron chi connectivity index (χ0n) is 16.5. The van der Waals surface area contributed by atoms with Gasteiger partial charge in [-0.05, 0) is 37.5 Å². The summed E-state index contributed by atoms with van der Waals surface area (Å²) in [7, 11) is 1.89. The lowest BCUT2D eigenvalue weighted by Gasteiger charge is -2.36. The van der Waals surface area contributed by atoms with E-state index in [9.17, 15) is 4.79 Å². The molecule has 0 spiro atoms. The highest BCUT2D eigenvalue weighted by molar-refractivity contribution is 5.76. The minimum atomic E-state index is 0.125. The van der Waals surface area contributed by atoms with Gasteiger partial charge in [0.25, 0.3) is 0 Å². The number of aryl methyl sites for hydroxylation is 2. The summed E-state index contributed by atoms with van der Waals surface area (Å²) >= 11 is 0. The smallest absolute Gasteiger partial charge is 0.220 e. The molecule has 1 aromatic carbocycles. The van der Waals surface area contributed by atoms with E-state index in [0.29, 0.717) is 6.42 Å². The number of para-hydroxylation sites is 1. The molecule has 1 amide bonds. The summed E-state index contributed by atoms with van der Waals surface area (Å²) < 4.78 is 1.77. The van der Waals surface area contributed by atoms with Crippen LogP contribution in [0.1, 0.15) is 25.3 Å². The van der Waals surface area contributed by atoms with Crippen molar-refractivity contribution in [3.8, 4) is 0 Å². The molecular formula is C21H31N5O. The highest BCUT2D eigenvalue weighted by Crippen LogP contribution is 2.15. The molecule has 1 aliphatic rings. The summed E-state index contributed by atoms with van der Waals surface area (Å²) in [5, 5.41) is 7.27. The lowest BCUT2D eigenvalue weighted by atomic mass is 10.1. The molecule has 27 heavy (non-hydrogen) atoms. The van der Waals surface area contributed by atoms with E-state index in [1.54, 1.807) is 4.68 Å². The zero-order chi connectivity index (χ0) is 19.1. The molecule has 1 saturated heterocycles. The Morgan fingerprint density at radius 1 is 1.19 bits per heavy atom. The van der Waals surface area contributed by atoms with Crippen LogP contribution < -0.4 is 10.2 Å². The van der Waals surface area contributed by atoms with E-state index in [1.165, 1.54) is 5.69 Å². The van der Waals surface area contributed by atoms with Crippen molar-refractivity contribution in [2.45, 2.75) is 32.2 Å². The number of piperazine rings is 1. The number of nitrogens with one attached hydrogen (secondary N) is 1. The third-order valence-electron chi connectivity index (χ3n) is 5.18. The number of anilines is 1. The van der Waals surface area contributed by atoms with Gasteiger partial charge in [-0.1, -0.05) is 18.2 Å². The maximum absolute atomic E-state index is 12.1. The molecule has 2 aromatic rings. The van der Waals surface area contributed by atoms with Crippen molar-refractivity contribution in [2.24, 2.45) is 7.05 Å². The zero-order valence-corrected chi connectivity index (χ0v) is 16.5. The van der Waals surface area contributed by atoms with Crippen molar-refractivity contribution in [3.63, 3.8) is 0 Å². The lowest BCUT2D eigenvalue weighted by Crippen LogP contribution is -2.47. The van der Waals surface area contributed by atoms with E-state index in [2.05, 4.69) is 57.5 Å². The fourth-order valence-electron chi connectivity index (χ4n) is 3.52. The average molecular weight is 370 g/mol. The van der Waals surface area contributed by atoms with E-state index < -0.39 is 0 Å². The Labute approximate surface area is 162 Å². The van der Waals surface area contributed by atoms with Gasteiger partial charge in [-0.15, -0.1) is 0 Å². The van der Waals surface area contributed by atoms with E-state index in [4.69, 9.17) is 0 Å². The second-order valence-corrected chi connectivity index (χ2v) is 7.44. The summed E-state index contributed by atoms with van der Waals surface area (Å²) in [5.41, 5.74) is 2.42. The number of rotatable bonds is 8. The predicted octanol–water partition coefficient (Wildman–Crippen LogP) is 2.07. The topological polar surface area (TPSA) is 53.4 Å². The third kappa shape index (κ3) is 6.10. The van der Waals surface area contributed by atoms with Crippen LogP contribution in [0, 0.1) is 0 Å². The molecule has 0 aliphatic carbocycles. The van der Waals surface area contributed by atoms with Gasteiger partial charge in [-0.2, -0.15) is 5.10 Å². The van der Waals surface area contributed by atoms with Crippen molar-refractivity contribution >= 4 is 11.6 Å². The number of hydrogen-bond acceptors (Lipinski definition) is 4. The Kier molecular flexibility index (Phi) is 6.87. The molecule has 146 valence electrons. The Bertz CT molecular complexity index is 706. The molecule has 0 bridgehead atoms. The monoisotopic (exact) mass is 369 g/mol. The molecule has 1 aromatic heterocycles. The summed E-state index contributed by atoms with van der Waals surface area (Å²) in [6.45, 7) is 7.42. The predicted molar refractivity (Wildman–Crippen MR) is 109 cm³/mol. The Morgan fingerprint density at radius 2 is 1.93 bits per heavy atom. The molecule has 1 fully saturated rings. The number of hydrogen-bond donors (Lipinski definition) is 1. The highest BCUT2D eigenvalue weighted by Gasteiger charge is 2.17. The van der Waals surface area contributed by atoms with Gasteiger partial charge in [0.2, 0.25) is 5.91 Å². The largest absolute Gasteiger partial charge is 0.369 e. The van der Waals surface area contributed by atoms with E-state index in [0.717, 1.165) is 51.1 Å². The summed E-state index contributed by atoms with van der Waals surface area (Å²) in [5.74, 6) is 0.125. The van der Waals surface area contributed by atoms with Gasteiger partial charge in [0, 0.05) is 64.1 Å². The number of benzene rings is 1. The lowest BCUT2D eigenvalue weighted by molar-refractivity contribution is -0.121. The van der Waals surface area contributed by atoms with Crippen LogP contribution in [-0.2, 0) is 18.3 Å². The second-order valence-electron chi connectivity index (χ2n) is 7.44. The van der Waals surface area contributed by atoms with Gasteiger partial charge >= 0.3 is 0 Å². The van der Waals surface area contributed by atoms with Crippen LogP contribution in [0.2, 0.25) is 0 Å². The van der Waals surface area contributed by atoms with Crippen LogP contribution in [0.25, 0.3) is 0 Å². The number of nitrogens with zero attached hydrogens (tertiary/aromatic N) is 4. The standard InChI is InChI=1S/C21H31N5O/c1-18(23-21(27)9-8-19-16-22-24(2)17-19)10-11-25-12-14-26(15-13-25)20-6-4-3-5-7-20/h3-7,16-18H,8-15H2,1-2H3,(H,23,27)/t18-/m1/s1. The molecule has 1 atom stereocenters. The molecule has 1 aliphatic heterocycles. The highest BCUT2D eigenvalue weighted by atomic mass is 16.1. The van der Waals surface area contributed by atoms with Gasteiger partial charge in [0.05, 0.1) is 6.20 Å². The Hall–Kier alpha value is -2.34. The normalized spacial score (nSPS) is 16.3. The van der Waals surface area contributed by atoms with Crippen molar-refractivity contribution < 1.29 is 4.79 Å². The minimum absolute atomic E-state index is 0.125. The number of amides is 1. The van der Waals surface area contributed by atoms with Crippen molar-refractivity contribution in [1.82, 2.24) is 20.0 Å². The van der Waals surface area contributed by atoms with Gasteiger partial charge in [0.15, 0.2) is 0 Å². The van der Waals surface area contributed by atoms with Crippen LogP contribution in [0.5, 0.6) is 0 Å². The maximum atomic E-state index is 12.1. The Morgan fingerprint density at radius 3 is 2.59 bits per heavy atom. The first kappa shape index (κ1) is 19.4. The molecule has 1 N–H and O–H groups in total. The van der Waals surface area contributed by atoms with E-state index in [1.807, 2.05) is 19.4 Å². The first-order valence-corrected chi connectivity index (χ1v) is 9.89. The molecule has 2 heterocycles. The van der Waals surface area contributed by atoms with Crippen molar-refractivity contribution in [2.75, 3.05) is 37.6 Å². The fourth-order valence-corrected chi connectivity index (χ4v) is 3.52. The molecule has 3 rings (SSSR count). The minimum Gasteiger partial charge on any atom is -0.369 e. The molecule has 6 nitrogen and oxygen atoms in total. The van der Waals surface area contributed by atoms with Crippen LogP contribution in [0.4, 0.5) is 5.69 Å². The second kappa shape index (κ2) is 9.55. The number of aromatic nitrogens is 2. The maximum Gasteiger partial charge on any atom is 0.220 e. The molecule has 0 saturated carbocycles. The average Bonchev–Trinajstić information content (AvgIpc) is 3.11. The molecular weight excluding hydrogens is 338 g/mol. The molecule has 6 heteroatoms. The SMILES string of the molecule is C[C@H](CCN1CCN(c2ccccc2)CC1)NC(=O)CCc1cnn(C)c1. The van der Waals surface area contributed by atoms with Gasteiger partial charge in [-0.3, -0.25) is 14.4 Å². The first-order chi connectivity index (χ1) is 13.1. The number of carbonyl (C=O) groups is 1. The van der Waals surface area contributed by atoms with Crippen LogP contribution in [-0.4, -0.2) is 59.4 Å². The Balaban J connectivity index is 1.31. The van der Waals surface area contributed by atoms with Crippen LogP contribution >= 0.6 is 0 Å². The van der Waals surface area contributed by atoms with Crippen LogP contribution in [0.15, 0.2) is 42.7 Å². The van der Waals surface area contributed by atoms with Gasteiger partial charge in [-0.25, -0.2) is 0 Å². The van der Waals surface area contributed by atoms with Gasteiger partial charge in [0.1, 0.15) is 0 Å². The quantitative estimate of drug-likeness (QED) is 0.774. The number of carbonyl (C=O) groups excluding carboxylic acids is 1.